The molecule has 1 heterocycles. The Morgan fingerprint density at radius 3 is 2.57 bits per heavy atom. The zero-order valence-corrected chi connectivity index (χ0v) is 9.48. The van der Waals surface area contributed by atoms with Crippen LogP contribution in [0, 0.1) is 0 Å². The van der Waals surface area contributed by atoms with Crippen molar-refractivity contribution >= 4 is 0 Å². The van der Waals surface area contributed by atoms with Crippen LogP contribution in [0.5, 0.6) is 0 Å². The molecule has 0 spiro atoms. The fourth-order valence-electron chi connectivity index (χ4n) is 1.47. The molecule has 0 saturated heterocycles. The number of hydrogen-bond donors (Lipinski definition) is 0. The zero-order valence-electron chi connectivity index (χ0n) is 9.48. The van der Waals surface area contributed by atoms with Crippen molar-refractivity contribution in [2.45, 2.75) is 46.1 Å². The predicted octanol–water partition coefficient (Wildman–Crippen LogP) is 3.74. The first-order chi connectivity index (χ1) is 6.67. The largest absolute Gasteiger partial charge is 0.487 e. The maximum Gasteiger partial charge on any atom is 0.132 e. The first kappa shape index (κ1) is 10.9. The minimum atomic E-state index is -0.0117. The third-order valence-corrected chi connectivity index (χ3v) is 2.23. The summed E-state index contributed by atoms with van der Waals surface area (Å²) in [5.41, 5.74) is 7.10. The summed E-state index contributed by atoms with van der Waals surface area (Å²) in [6.07, 6.45) is 6.01. The molecule has 76 valence electrons. The standard InChI is InChI=1S/C11H12O.C2H6/c1-11(2)8-7-9-5-3-4-6-10(9)12-11;1-2/h5-6H,7-8H2,1-2H3;1-2H3. The Morgan fingerprint density at radius 1 is 1.21 bits per heavy atom. The average molecular weight is 190 g/mol. The van der Waals surface area contributed by atoms with Crippen LogP contribution >= 0.6 is 0 Å². The van der Waals surface area contributed by atoms with Gasteiger partial charge in [-0.3, -0.25) is 0 Å². The van der Waals surface area contributed by atoms with Crippen molar-refractivity contribution in [1.29, 1.82) is 0 Å². The van der Waals surface area contributed by atoms with Gasteiger partial charge in [0.05, 0.1) is 0 Å². The van der Waals surface area contributed by atoms with Crippen LogP contribution in [0.2, 0.25) is 0 Å². The van der Waals surface area contributed by atoms with Crippen molar-refractivity contribution in [3.63, 3.8) is 0 Å². The number of rotatable bonds is 0. The third-order valence-electron chi connectivity index (χ3n) is 2.23. The molecule has 0 unspecified atom stereocenters. The molecule has 2 aliphatic rings. The molecular weight excluding hydrogens is 172 g/mol. The van der Waals surface area contributed by atoms with E-state index in [4.69, 9.17) is 4.74 Å². The summed E-state index contributed by atoms with van der Waals surface area (Å²) in [7, 11) is 0. The minimum Gasteiger partial charge on any atom is -0.487 e. The molecule has 0 aromatic rings. The van der Waals surface area contributed by atoms with E-state index in [1.807, 2.05) is 26.0 Å². The Morgan fingerprint density at radius 2 is 1.86 bits per heavy atom. The topological polar surface area (TPSA) is 9.23 Å². The third kappa shape index (κ3) is 2.42. The molecule has 0 saturated carbocycles. The van der Waals surface area contributed by atoms with E-state index < -0.39 is 0 Å². The number of ether oxygens (including phenoxy) is 1. The van der Waals surface area contributed by atoms with Crippen LogP contribution in [0.3, 0.4) is 0 Å². The quantitative estimate of drug-likeness (QED) is 0.529. The first-order valence-electron chi connectivity index (χ1n) is 5.27. The lowest BCUT2D eigenvalue weighted by molar-refractivity contribution is 0.0210. The number of allylic oxidation sites excluding steroid dienone is 3. The van der Waals surface area contributed by atoms with Gasteiger partial charge in [-0.2, -0.15) is 0 Å². The predicted molar refractivity (Wildman–Crippen MR) is 58.9 cm³/mol. The van der Waals surface area contributed by atoms with Gasteiger partial charge in [0.1, 0.15) is 11.4 Å². The molecule has 0 amide bonds. The van der Waals surface area contributed by atoms with E-state index in [-0.39, 0.29) is 5.60 Å². The smallest absolute Gasteiger partial charge is 0.132 e. The van der Waals surface area contributed by atoms with E-state index in [9.17, 15) is 0 Å². The van der Waals surface area contributed by atoms with Gasteiger partial charge in [0.15, 0.2) is 0 Å². The summed E-state index contributed by atoms with van der Waals surface area (Å²) < 4.78 is 5.77. The van der Waals surface area contributed by atoms with Gasteiger partial charge in [-0.25, -0.2) is 0 Å². The fraction of sp³-hybridized carbons (Fsp3) is 0.538. The van der Waals surface area contributed by atoms with Crippen LogP contribution in [-0.4, -0.2) is 5.60 Å². The lowest BCUT2D eigenvalue weighted by Crippen LogP contribution is -2.27. The van der Waals surface area contributed by atoms with Gasteiger partial charge in [0.2, 0.25) is 0 Å². The summed E-state index contributed by atoms with van der Waals surface area (Å²) in [6.45, 7) is 8.24. The average Bonchev–Trinajstić information content (AvgIpc) is 2.19. The van der Waals surface area contributed by atoms with Crippen LogP contribution in [-0.2, 0) is 4.74 Å². The molecule has 1 aliphatic heterocycles. The van der Waals surface area contributed by atoms with Gasteiger partial charge in [0.25, 0.3) is 0 Å². The Balaban J connectivity index is 0.000000461. The molecule has 0 aromatic carbocycles. The van der Waals surface area contributed by atoms with Gasteiger partial charge < -0.3 is 4.74 Å². The molecule has 1 aliphatic carbocycles. The molecular formula is C13H18O. The SMILES string of the molecule is CC.CC1(C)CCC2=C(C=C=C=C2)O1. The van der Waals surface area contributed by atoms with Crippen molar-refractivity contribution in [3.8, 4) is 0 Å². The summed E-state index contributed by atoms with van der Waals surface area (Å²) in [5, 5.41) is 0. The first-order valence-corrected chi connectivity index (χ1v) is 5.27. The Labute approximate surface area is 86.5 Å². The lowest BCUT2D eigenvalue weighted by atomic mass is 9.93. The Bertz CT molecular complexity index is 332. The second kappa shape index (κ2) is 4.37. The van der Waals surface area contributed by atoms with Gasteiger partial charge in [-0.1, -0.05) is 25.3 Å². The van der Waals surface area contributed by atoms with Crippen molar-refractivity contribution < 1.29 is 4.74 Å². The van der Waals surface area contributed by atoms with Gasteiger partial charge in [-0.05, 0) is 32.8 Å². The van der Waals surface area contributed by atoms with E-state index in [2.05, 4.69) is 25.3 Å². The van der Waals surface area contributed by atoms with E-state index in [1.54, 1.807) is 0 Å². The van der Waals surface area contributed by atoms with Crippen LogP contribution in [0.1, 0.15) is 40.5 Å². The summed E-state index contributed by atoms with van der Waals surface area (Å²) in [6, 6.07) is 0. The van der Waals surface area contributed by atoms with Gasteiger partial charge in [-0.15, -0.1) is 0 Å². The Kier molecular flexibility index (Phi) is 3.41. The monoisotopic (exact) mass is 190 g/mol. The molecule has 14 heavy (non-hydrogen) atoms. The van der Waals surface area contributed by atoms with E-state index >= 15 is 0 Å². The van der Waals surface area contributed by atoms with Crippen LogP contribution in [0.15, 0.2) is 34.9 Å². The van der Waals surface area contributed by atoms with Gasteiger partial charge >= 0.3 is 0 Å². The molecule has 0 bridgehead atoms. The maximum absolute atomic E-state index is 5.77. The highest BCUT2D eigenvalue weighted by Crippen LogP contribution is 2.32. The van der Waals surface area contributed by atoms with Crippen molar-refractivity contribution in [1.82, 2.24) is 0 Å². The molecule has 0 atom stereocenters. The molecule has 0 N–H and O–H groups in total. The van der Waals surface area contributed by atoms with Crippen LogP contribution in [0.4, 0.5) is 0 Å². The Hall–Kier alpha value is -1.16. The minimum absolute atomic E-state index is 0.0117. The molecule has 0 aromatic heterocycles. The molecule has 0 fully saturated rings. The second-order valence-corrected chi connectivity index (χ2v) is 3.83. The molecule has 0 radical (unpaired) electrons. The van der Waals surface area contributed by atoms with Gasteiger partial charge in [0, 0.05) is 11.6 Å². The normalized spacial score (nSPS) is 20.9. The summed E-state index contributed by atoms with van der Waals surface area (Å²) in [5.74, 6) is 0.977. The zero-order chi connectivity index (χ0) is 10.6. The highest BCUT2D eigenvalue weighted by molar-refractivity contribution is 5.34. The lowest BCUT2D eigenvalue weighted by Gasteiger charge is -2.32. The van der Waals surface area contributed by atoms with E-state index in [0.29, 0.717) is 0 Å². The number of hydrogen-bond acceptors (Lipinski definition) is 1. The maximum atomic E-state index is 5.77. The van der Waals surface area contributed by atoms with Crippen molar-refractivity contribution in [3.05, 3.63) is 34.9 Å². The van der Waals surface area contributed by atoms with Crippen LogP contribution < -0.4 is 0 Å². The van der Waals surface area contributed by atoms with Crippen molar-refractivity contribution in [2.75, 3.05) is 0 Å². The molecule has 1 heteroatoms. The molecule has 1 nitrogen and oxygen atoms in total. The second-order valence-electron chi connectivity index (χ2n) is 3.83. The van der Waals surface area contributed by atoms with Crippen LogP contribution in [0.25, 0.3) is 0 Å². The molecule has 2 rings (SSSR count). The van der Waals surface area contributed by atoms with E-state index in [0.717, 1.165) is 18.6 Å². The highest BCUT2D eigenvalue weighted by atomic mass is 16.5. The van der Waals surface area contributed by atoms with E-state index in [1.165, 1.54) is 5.57 Å². The highest BCUT2D eigenvalue weighted by Gasteiger charge is 2.26. The van der Waals surface area contributed by atoms with Crippen molar-refractivity contribution in [2.24, 2.45) is 0 Å². The fourth-order valence-corrected chi connectivity index (χ4v) is 1.47. The summed E-state index contributed by atoms with van der Waals surface area (Å²) in [4.78, 5) is 0. The summed E-state index contributed by atoms with van der Waals surface area (Å²) >= 11 is 0.